The van der Waals surface area contributed by atoms with Crippen molar-refractivity contribution in [2.45, 2.75) is 69.1 Å². The van der Waals surface area contributed by atoms with Gasteiger partial charge in [0.2, 0.25) is 11.8 Å². The lowest BCUT2D eigenvalue weighted by Crippen LogP contribution is -2.59. The van der Waals surface area contributed by atoms with Gasteiger partial charge in [-0.25, -0.2) is 8.78 Å². The van der Waals surface area contributed by atoms with Crippen LogP contribution in [0.25, 0.3) is 0 Å². The highest BCUT2D eigenvalue weighted by molar-refractivity contribution is 5.91. The van der Waals surface area contributed by atoms with Crippen LogP contribution in [0.3, 0.4) is 0 Å². The SMILES string of the molecule is CC(C)(N)C(=O)N[C@H](COCc1c(F)cccc1F)C(=O)N1CCC2(CC1)CC(CC(=O)O)c1ccccc12. The maximum absolute atomic E-state index is 14.0. The molecule has 1 aliphatic heterocycles. The molecule has 1 saturated heterocycles. The molecule has 10 heteroatoms. The number of nitrogens with two attached hydrogens (primary N) is 1. The van der Waals surface area contributed by atoms with Crippen molar-refractivity contribution >= 4 is 17.8 Å². The van der Waals surface area contributed by atoms with Crippen LogP contribution < -0.4 is 11.1 Å². The van der Waals surface area contributed by atoms with Gasteiger partial charge in [0.15, 0.2) is 0 Å². The molecular weight excluding hydrogens is 508 g/mol. The Morgan fingerprint density at radius 2 is 1.77 bits per heavy atom. The van der Waals surface area contributed by atoms with Gasteiger partial charge in [-0.05, 0) is 67.7 Å². The summed E-state index contributed by atoms with van der Waals surface area (Å²) in [6, 6.07) is 10.3. The van der Waals surface area contributed by atoms with E-state index in [2.05, 4.69) is 11.4 Å². The lowest BCUT2D eigenvalue weighted by atomic mass is 9.73. The zero-order valence-corrected chi connectivity index (χ0v) is 22.2. The number of nitrogens with zero attached hydrogens (tertiary/aromatic N) is 1. The molecule has 0 radical (unpaired) electrons. The van der Waals surface area contributed by atoms with Gasteiger partial charge in [0, 0.05) is 18.7 Å². The standard InChI is InChI=1S/C29H35F2N3O5/c1-28(2,32)27(38)33-24(17-39-16-20-22(30)8-5-9-23(20)31)26(37)34-12-10-29(11-13-34)15-18(14-25(35)36)19-6-3-4-7-21(19)29/h3-9,18,24H,10-17,32H2,1-2H3,(H,33,38)(H,35,36)/t18?,24-/m1/s1. The van der Waals surface area contributed by atoms with Crippen LogP contribution in [0.15, 0.2) is 42.5 Å². The number of hydrogen-bond acceptors (Lipinski definition) is 5. The van der Waals surface area contributed by atoms with Crippen molar-refractivity contribution in [2.75, 3.05) is 19.7 Å². The maximum Gasteiger partial charge on any atom is 0.303 e. The predicted molar refractivity (Wildman–Crippen MR) is 140 cm³/mol. The average Bonchev–Trinajstić information content (AvgIpc) is 3.16. The highest BCUT2D eigenvalue weighted by Gasteiger charge is 2.46. The zero-order chi connectivity index (χ0) is 28.4. The Morgan fingerprint density at radius 1 is 1.13 bits per heavy atom. The average molecular weight is 544 g/mol. The third kappa shape index (κ3) is 6.28. The second-order valence-corrected chi connectivity index (χ2v) is 11.2. The van der Waals surface area contributed by atoms with Crippen LogP contribution in [0, 0.1) is 11.6 Å². The number of likely N-dealkylation sites (tertiary alicyclic amines) is 1. The van der Waals surface area contributed by atoms with Crippen LogP contribution in [0.2, 0.25) is 0 Å². The van der Waals surface area contributed by atoms with E-state index in [1.54, 1.807) is 4.90 Å². The number of carbonyl (C=O) groups excluding carboxylic acids is 2. The number of aliphatic carboxylic acids is 1. The highest BCUT2D eigenvalue weighted by Crippen LogP contribution is 2.52. The number of rotatable bonds is 9. The Morgan fingerprint density at radius 3 is 2.38 bits per heavy atom. The normalized spacial score (nSPS) is 19.0. The van der Waals surface area contributed by atoms with Crippen LogP contribution in [-0.2, 0) is 31.1 Å². The highest BCUT2D eigenvalue weighted by atomic mass is 19.1. The second-order valence-electron chi connectivity index (χ2n) is 11.2. The summed E-state index contributed by atoms with van der Waals surface area (Å²) >= 11 is 0. The van der Waals surface area contributed by atoms with E-state index in [9.17, 15) is 28.3 Å². The van der Waals surface area contributed by atoms with Crippen LogP contribution in [0.1, 0.15) is 62.1 Å². The van der Waals surface area contributed by atoms with Crippen molar-refractivity contribution < 1.29 is 33.0 Å². The number of piperidine rings is 1. The summed E-state index contributed by atoms with van der Waals surface area (Å²) in [6.45, 7) is 3.14. The van der Waals surface area contributed by atoms with E-state index < -0.39 is 41.7 Å². The third-order valence-electron chi connectivity index (χ3n) is 7.84. The van der Waals surface area contributed by atoms with E-state index in [1.165, 1.54) is 19.9 Å². The Labute approximate surface area is 226 Å². The zero-order valence-electron chi connectivity index (χ0n) is 22.2. The molecule has 0 aromatic heterocycles. The summed E-state index contributed by atoms with van der Waals surface area (Å²) < 4.78 is 33.6. The van der Waals surface area contributed by atoms with Gasteiger partial charge >= 0.3 is 5.97 Å². The first kappa shape index (κ1) is 28.6. The van der Waals surface area contributed by atoms with Gasteiger partial charge < -0.3 is 25.8 Å². The van der Waals surface area contributed by atoms with Crippen molar-refractivity contribution in [1.29, 1.82) is 0 Å². The smallest absolute Gasteiger partial charge is 0.303 e. The Kier molecular flexibility index (Phi) is 8.37. The molecule has 1 heterocycles. The van der Waals surface area contributed by atoms with Crippen molar-refractivity contribution in [3.63, 3.8) is 0 Å². The molecule has 2 aromatic rings. The van der Waals surface area contributed by atoms with Crippen LogP contribution in [-0.4, -0.2) is 59.1 Å². The fourth-order valence-corrected chi connectivity index (χ4v) is 5.74. The second kappa shape index (κ2) is 11.4. The van der Waals surface area contributed by atoms with Gasteiger partial charge in [0.1, 0.15) is 17.7 Å². The summed E-state index contributed by atoms with van der Waals surface area (Å²) in [5, 5.41) is 12.1. The summed E-state index contributed by atoms with van der Waals surface area (Å²) in [4.78, 5) is 39.3. The molecule has 0 saturated carbocycles. The van der Waals surface area contributed by atoms with Crippen molar-refractivity contribution in [3.8, 4) is 0 Å². The molecule has 1 unspecified atom stereocenters. The summed E-state index contributed by atoms with van der Waals surface area (Å²) in [6.07, 6.45) is 2.07. The summed E-state index contributed by atoms with van der Waals surface area (Å²) in [5.74, 6) is -3.36. The number of ether oxygens (including phenoxy) is 1. The van der Waals surface area contributed by atoms with E-state index in [0.717, 1.165) is 23.3 Å². The van der Waals surface area contributed by atoms with E-state index in [4.69, 9.17) is 10.5 Å². The molecule has 4 N–H and O–H groups in total. The molecule has 2 aromatic carbocycles. The number of carboxylic acids is 1. The predicted octanol–water partition coefficient (Wildman–Crippen LogP) is 3.23. The Hall–Kier alpha value is -3.37. The minimum absolute atomic E-state index is 0.0599. The number of hydrogen-bond donors (Lipinski definition) is 3. The fraction of sp³-hybridized carbons (Fsp3) is 0.483. The van der Waals surface area contributed by atoms with Crippen molar-refractivity contribution in [3.05, 3.63) is 70.8 Å². The molecule has 1 aliphatic carbocycles. The monoisotopic (exact) mass is 543 g/mol. The lowest BCUT2D eigenvalue weighted by molar-refractivity contribution is -0.140. The van der Waals surface area contributed by atoms with Crippen molar-refractivity contribution in [1.82, 2.24) is 10.2 Å². The minimum atomic E-state index is -1.26. The lowest BCUT2D eigenvalue weighted by Gasteiger charge is -2.41. The number of nitrogens with one attached hydrogen (secondary N) is 1. The number of carboxylic acid groups (broad SMARTS) is 1. The molecule has 2 amide bonds. The molecule has 39 heavy (non-hydrogen) atoms. The molecule has 8 nitrogen and oxygen atoms in total. The van der Waals surface area contributed by atoms with Gasteiger partial charge in [0.25, 0.3) is 0 Å². The molecule has 2 atom stereocenters. The summed E-state index contributed by atoms with van der Waals surface area (Å²) in [5.41, 5.74) is 6.39. The maximum atomic E-state index is 14.0. The van der Waals surface area contributed by atoms with E-state index in [0.29, 0.717) is 32.4 Å². The number of fused-ring (bicyclic) bond motifs is 2. The molecule has 1 fully saturated rings. The molecular formula is C29H35F2N3O5. The molecule has 4 rings (SSSR count). The number of halogens is 2. The van der Waals surface area contributed by atoms with Gasteiger partial charge in [-0.2, -0.15) is 0 Å². The van der Waals surface area contributed by atoms with Crippen molar-refractivity contribution in [2.24, 2.45) is 5.73 Å². The van der Waals surface area contributed by atoms with Gasteiger partial charge in [-0.15, -0.1) is 0 Å². The van der Waals surface area contributed by atoms with Crippen LogP contribution >= 0.6 is 0 Å². The fourth-order valence-electron chi connectivity index (χ4n) is 5.74. The van der Waals surface area contributed by atoms with Crippen LogP contribution in [0.4, 0.5) is 8.78 Å². The molecule has 210 valence electrons. The molecule has 2 aliphatic rings. The quantitative estimate of drug-likeness (QED) is 0.447. The number of benzene rings is 2. The third-order valence-corrected chi connectivity index (χ3v) is 7.84. The Bertz CT molecular complexity index is 1220. The Balaban J connectivity index is 1.46. The molecule has 1 spiro atoms. The number of carbonyl (C=O) groups is 3. The first-order valence-corrected chi connectivity index (χ1v) is 13.1. The minimum Gasteiger partial charge on any atom is -0.481 e. The van der Waals surface area contributed by atoms with E-state index >= 15 is 0 Å². The van der Waals surface area contributed by atoms with E-state index in [-0.39, 0.29) is 35.8 Å². The number of amides is 2. The topological polar surface area (TPSA) is 122 Å². The van der Waals surface area contributed by atoms with Gasteiger partial charge in [-0.3, -0.25) is 14.4 Å². The van der Waals surface area contributed by atoms with Gasteiger partial charge in [0.05, 0.1) is 25.2 Å². The first-order chi connectivity index (χ1) is 18.4. The van der Waals surface area contributed by atoms with Crippen LogP contribution in [0.5, 0.6) is 0 Å². The summed E-state index contributed by atoms with van der Waals surface area (Å²) in [7, 11) is 0. The first-order valence-electron chi connectivity index (χ1n) is 13.1. The van der Waals surface area contributed by atoms with E-state index in [1.807, 2.05) is 18.2 Å². The largest absolute Gasteiger partial charge is 0.481 e. The van der Waals surface area contributed by atoms with Gasteiger partial charge in [-0.1, -0.05) is 30.3 Å². The molecule has 0 bridgehead atoms.